The minimum Gasteiger partial charge on any atom is -0.392 e. The molecular formula is C11H13N3O. The highest BCUT2D eigenvalue weighted by Gasteiger charge is 2.06. The van der Waals surface area contributed by atoms with E-state index in [0.29, 0.717) is 5.82 Å². The van der Waals surface area contributed by atoms with Gasteiger partial charge in [0, 0.05) is 17.5 Å². The van der Waals surface area contributed by atoms with Gasteiger partial charge in [0.05, 0.1) is 12.3 Å². The standard InChI is InChI=1S/C11H13N3O/c1-8-3-4-10(7-15)11(12-8)14-6-5-9(2)13-14/h3-6,15H,7H2,1-2H3. The summed E-state index contributed by atoms with van der Waals surface area (Å²) in [7, 11) is 0. The number of aliphatic hydroxyl groups is 1. The number of aliphatic hydroxyl groups excluding tert-OH is 1. The summed E-state index contributed by atoms with van der Waals surface area (Å²) in [6.07, 6.45) is 1.84. The lowest BCUT2D eigenvalue weighted by atomic mass is 10.2. The normalized spacial score (nSPS) is 10.6. The predicted molar refractivity (Wildman–Crippen MR) is 56.8 cm³/mol. The minimum absolute atomic E-state index is 0.0263. The van der Waals surface area contributed by atoms with Crippen molar-refractivity contribution in [3.05, 3.63) is 41.3 Å². The average Bonchev–Trinajstić information content (AvgIpc) is 2.65. The molecule has 0 aliphatic carbocycles. The lowest BCUT2D eigenvalue weighted by Crippen LogP contribution is -2.04. The summed E-state index contributed by atoms with van der Waals surface area (Å²) in [5, 5.41) is 13.5. The summed E-state index contributed by atoms with van der Waals surface area (Å²) < 4.78 is 1.69. The van der Waals surface area contributed by atoms with Crippen LogP contribution in [0.1, 0.15) is 17.0 Å². The van der Waals surface area contributed by atoms with Crippen molar-refractivity contribution in [3.8, 4) is 5.82 Å². The molecule has 2 heterocycles. The van der Waals surface area contributed by atoms with Crippen LogP contribution in [0.5, 0.6) is 0 Å². The third kappa shape index (κ3) is 1.89. The maximum atomic E-state index is 9.20. The number of aromatic nitrogens is 3. The Balaban J connectivity index is 2.55. The molecule has 0 saturated heterocycles. The molecular weight excluding hydrogens is 190 g/mol. The first-order valence-electron chi connectivity index (χ1n) is 4.81. The summed E-state index contributed by atoms with van der Waals surface area (Å²) in [6, 6.07) is 5.66. The van der Waals surface area contributed by atoms with Crippen LogP contribution in [-0.2, 0) is 6.61 Å². The molecule has 0 fully saturated rings. The van der Waals surface area contributed by atoms with E-state index in [4.69, 9.17) is 0 Å². The van der Waals surface area contributed by atoms with E-state index in [1.165, 1.54) is 0 Å². The molecule has 0 aliphatic heterocycles. The smallest absolute Gasteiger partial charge is 0.159 e. The van der Waals surface area contributed by atoms with Crippen LogP contribution in [-0.4, -0.2) is 19.9 Å². The number of hydrogen-bond acceptors (Lipinski definition) is 3. The van der Waals surface area contributed by atoms with Crippen molar-refractivity contribution in [3.63, 3.8) is 0 Å². The molecule has 2 rings (SSSR count). The third-order valence-electron chi connectivity index (χ3n) is 2.20. The molecule has 0 atom stereocenters. The second-order valence-corrected chi connectivity index (χ2v) is 3.50. The van der Waals surface area contributed by atoms with Crippen molar-refractivity contribution in [1.29, 1.82) is 0 Å². The van der Waals surface area contributed by atoms with Gasteiger partial charge in [0.15, 0.2) is 5.82 Å². The van der Waals surface area contributed by atoms with Gasteiger partial charge >= 0.3 is 0 Å². The van der Waals surface area contributed by atoms with E-state index in [-0.39, 0.29) is 6.61 Å². The van der Waals surface area contributed by atoms with Gasteiger partial charge in [-0.25, -0.2) is 9.67 Å². The minimum atomic E-state index is -0.0263. The fraction of sp³-hybridized carbons (Fsp3) is 0.273. The second-order valence-electron chi connectivity index (χ2n) is 3.50. The topological polar surface area (TPSA) is 50.9 Å². The van der Waals surface area contributed by atoms with Gasteiger partial charge in [-0.15, -0.1) is 0 Å². The lowest BCUT2D eigenvalue weighted by Gasteiger charge is -2.06. The Kier molecular flexibility index (Phi) is 2.51. The van der Waals surface area contributed by atoms with E-state index in [2.05, 4.69) is 10.1 Å². The second kappa shape index (κ2) is 3.82. The quantitative estimate of drug-likeness (QED) is 0.802. The SMILES string of the molecule is Cc1ccc(CO)c(-n2ccc(C)n2)n1. The summed E-state index contributed by atoms with van der Waals surface area (Å²) >= 11 is 0. The molecule has 78 valence electrons. The summed E-state index contributed by atoms with van der Waals surface area (Å²) in [6.45, 7) is 3.81. The Bertz CT molecular complexity index is 476. The van der Waals surface area contributed by atoms with Crippen LogP contribution in [0.15, 0.2) is 24.4 Å². The van der Waals surface area contributed by atoms with Gasteiger partial charge in [0.1, 0.15) is 0 Å². The zero-order chi connectivity index (χ0) is 10.8. The van der Waals surface area contributed by atoms with Crippen molar-refractivity contribution >= 4 is 0 Å². The molecule has 0 radical (unpaired) electrons. The molecule has 4 heteroatoms. The van der Waals surface area contributed by atoms with Crippen LogP contribution >= 0.6 is 0 Å². The van der Waals surface area contributed by atoms with Crippen molar-refractivity contribution in [2.45, 2.75) is 20.5 Å². The van der Waals surface area contributed by atoms with Crippen molar-refractivity contribution < 1.29 is 5.11 Å². The van der Waals surface area contributed by atoms with E-state index < -0.39 is 0 Å². The van der Waals surface area contributed by atoms with Crippen LogP contribution < -0.4 is 0 Å². The molecule has 0 saturated carbocycles. The van der Waals surface area contributed by atoms with E-state index in [1.54, 1.807) is 4.68 Å². The van der Waals surface area contributed by atoms with E-state index in [9.17, 15) is 5.11 Å². The molecule has 2 aromatic rings. The Morgan fingerprint density at radius 3 is 2.60 bits per heavy atom. The Hall–Kier alpha value is -1.68. The van der Waals surface area contributed by atoms with Crippen molar-refractivity contribution in [2.24, 2.45) is 0 Å². The molecule has 0 aromatic carbocycles. The molecule has 0 unspecified atom stereocenters. The van der Waals surface area contributed by atoms with Gasteiger partial charge in [-0.3, -0.25) is 0 Å². The molecule has 0 amide bonds. The Morgan fingerprint density at radius 2 is 2.00 bits per heavy atom. The first-order chi connectivity index (χ1) is 7.20. The highest BCUT2D eigenvalue weighted by atomic mass is 16.3. The van der Waals surface area contributed by atoms with Gasteiger partial charge in [0.25, 0.3) is 0 Å². The molecule has 0 bridgehead atoms. The van der Waals surface area contributed by atoms with Crippen LogP contribution in [0.25, 0.3) is 5.82 Å². The highest BCUT2D eigenvalue weighted by molar-refractivity contribution is 5.34. The average molecular weight is 203 g/mol. The van der Waals surface area contributed by atoms with Crippen LogP contribution in [0.2, 0.25) is 0 Å². The predicted octanol–water partition coefficient (Wildman–Crippen LogP) is 1.38. The maximum absolute atomic E-state index is 9.20. The Labute approximate surface area is 88.2 Å². The molecule has 1 N–H and O–H groups in total. The summed E-state index contributed by atoms with van der Waals surface area (Å²) in [4.78, 5) is 4.37. The fourth-order valence-corrected chi connectivity index (χ4v) is 1.43. The van der Waals surface area contributed by atoms with Crippen molar-refractivity contribution in [1.82, 2.24) is 14.8 Å². The molecule has 2 aromatic heterocycles. The van der Waals surface area contributed by atoms with Crippen molar-refractivity contribution in [2.75, 3.05) is 0 Å². The van der Waals surface area contributed by atoms with E-state index in [1.807, 2.05) is 38.2 Å². The third-order valence-corrected chi connectivity index (χ3v) is 2.20. The lowest BCUT2D eigenvalue weighted by molar-refractivity contribution is 0.280. The van der Waals surface area contributed by atoms with Crippen LogP contribution in [0.4, 0.5) is 0 Å². The van der Waals surface area contributed by atoms with Crippen LogP contribution in [0, 0.1) is 13.8 Å². The van der Waals surface area contributed by atoms with Gasteiger partial charge in [-0.1, -0.05) is 6.07 Å². The number of hydrogen-bond donors (Lipinski definition) is 1. The number of rotatable bonds is 2. The monoisotopic (exact) mass is 203 g/mol. The first kappa shape index (κ1) is 9.86. The maximum Gasteiger partial charge on any atom is 0.159 e. The Morgan fingerprint density at radius 1 is 1.20 bits per heavy atom. The molecule has 15 heavy (non-hydrogen) atoms. The number of pyridine rings is 1. The zero-order valence-electron chi connectivity index (χ0n) is 8.81. The molecule has 0 aliphatic rings. The van der Waals surface area contributed by atoms with Gasteiger partial charge in [0.2, 0.25) is 0 Å². The van der Waals surface area contributed by atoms with Crippen LogP contribution in [0.3, 0.4) is 0 Å². The fourth-order valence-electron chi connectivity index (χ4n) is 1.43. The van der Waals surface area contributed by atoms with Gasteiger partial charge in [-0.05, 0) is 26.0 Å². The van der Waals surface area contributed by atoms with Gasteiger partial charge < -0.3 is 5.11 Å². The van der Waals surface area contributed by atoms with Gasteiger partial charge in [-0.2, -0.15) is 5.10 Å². The summed E-state index contributed by atoms with van der Waals surface area (Å²) in [5.74, 6) is 0.700. The molecule has 0 spiro atoms. The number of nitrogens with zero attached hydrogens (tertiary/aromatic N) is 3. The summed E-state index contributed by atoms with van der Waals surface area (Å²) in [5.41, 5.74) is 2.63. The zero-order valence-corrected chi connectivity index (χ0v) is 8.81. The van der Waals surface area contributed by atoms with E-state index >= 15 is 0 Å². The largest absolute Gasteiger partial charge is 0.392 e. The number of aryl methyl sites for hydroxylation is 2. The molecule has 4 nitrogen and oxygen atoms in total. The highest BCUT2D eigenvalue weighted by Crippen LogP contribution is 2.12. The van der Waals surface area contributed by atoms with E-state index in [0.717, 1.165) is 17.0 Å². The first-order valence-corrected chi connectivity index (χ1v) is 4.81.